The van der Waals surface area contributed by atoms with Gasteiger partial charge in [-0.2, -0.15) is 0 Å². The Balaban J connectivity index is 2.11. The van der Waals surface area contributed by atoms with Crippen molar-refractivity contribution >= 4 is 17.6 Å². The zero-order valence-electron chi connectivity index (χ0n) is 12.3. The molecule has 1 aromatic rings. The number of phenolic OH excluding ortho intramolecular Hbond substituents is 1. The second-order valence-corrected chi connectivity index (χ2v) is 5.79. The fourth-order valence-electron chi connectivity index (χ4n) is 2.96. The van der Waals surface area contributed by atoms with Crippen LogP contribution < -0.4 is 5.32 Å². The first-order valence-electron chi connectivity index (χ1n) is 7.25. The standard InChI is InChI=1S/C16H21NO4/c1-3-10-6-12(13(7-10)16(20)21)15(19)17-11-5-4-9(2)14(18)8-11/h4-5,8,10,12-13,18H,3,6-7H2,1-2H3,(H,17,19)(H,20,21)/t10?,12-,13+/m0/s1. The molecule has 2 rings (SSSR count). The molecule has 5 heteroatoms. The minimum absolute atomic E-state index is 0.112. The summed E-state index contributed by atoms with van der Waals surface area (Å²) < 4.78 is 0. The van der Waals surface area contributed by atoms with E-state index in [-0.39, 0.29) is 17.6 Å². The number of hydrogen-bond donors (Lipinski definition) is 3. The predicted molar refractivity (Wildman–Crippen MR) is 79.1 cm³/mol. The molecule has 1 aromatic carbocycles. The Morgan fingerprint density at radius 1 is 1.29 bits per heavy atom. The maximum Gasteiger partial charge on any atom is 0.307 e. The molecule has 5 nitrogen and oxygen atoms in total. The lowest BCUT2D eigenvalue weighted by Gasteiger charge is -2.16. The number of carboxylic acid groups (broad SMARTS) is 1. The number of phenols is 1. The summed E-state index contributed by atoms with van der Waals surface area (Å²) in [5.41, 5.74) is 1.22. The molecule has 1 unspecified atom stereocenters. The lowest BCUT2D eigenvalue weighted by molar-refractivity contribution is -0.145. The van der Waals surface area contributed by atoms with E-state index in [1.807, 2.05) is 6.92 Å². The molecular formula is C16H21NO4. The van der Waals surface area contributed by atoms with Crippen molar-refractivity contribution in [3.8, 4) is 5.75 Å². The Morgan fingerprint density at radius 2 is 1.95 bits per heavy atom. The molecule has 0 saturated heterocycles. The van der Waals surface area contributed by atoms with Crippen LogP contribution in [0.4, 0.5) is 5.69 Å². The largest absolute Gasteiger partial charge is 0.508 e. The highest BCUT2D eigenvalue weighted by molar-refractivity contribution is 5.95. The number of amides is 1. The van der Waals surface area contributed by atoms with Crippen LogP contribution in [0.5, 0.6) is 5.75 Å². The van der Waals surface area contributed by atoms with Crippen LogP contribution >= 0.6 is 0 Å². The van der Waals surface area contributed by atoms with Gasteiger partial charge in [-0.25, -0.2) is 0 Å². The fourth-order valence-corrected chi connectivity index (χ4v) is 2.96. The van der Waals surface area contributed by atoms with Crippen LogP contribution in [0, 0.1) is 24.7 Å². The van der Waals surface area contributed by atoms with Crippen LogP contribution in [0.15, 0.2) is 18.2 Å². The molecule has 1 aliphatic rings. The first kappa shape index (κ1) is 15.4. The van der Waals surface area contributed by atoms with Crippen molar-refractivity contribution in [2.24, 2.45) is 17.8 Å². The predicted octanol–water partition coefficient (Wildman–Crippen LogP) is 2.78. The fraction of sp³-hybridized carbons (Fsp3) is 0.500. The van der Waals surface area contributed by atoms with Gasteiger partial charge in [0.2, 0.25) is 5.91 Å². The molecule has 1 amide bonds. The Hall–Kier alpha value is -2.04. The van der Waals surface area contributed by atoms with Gasteiger partial charge in [0.25, 0.3) is 0 Å². The van der Waals surface area contributed by atoms with E-state index in [9.17, 15) is 19.8 Å². The summed E-state index contributed by atoms with van der Waals surface area (Å²) in [6, 6.07) is 4.90. The van der Waals surface area contributed by atoms with Gasteiger partial charge in [-0.3, -0.25) is 9.59 Å². The van der Waals surface area contributed by atoms with Crippen LogP contribution in [0.25, 0.3) is 0 Å². The van der Waals surface area contributed by atoms with Crippen molar-refractivity contribution in [1.29, 1.82) is 0 Å². The number of benzene rings is 1. The molecular weight excluding hydrogens is 270 g/mol. The Bertz CT molecular complexity index is 555. The maximum absolute atomic E-state index is 12.3. The van der Waals surface area contributed by atoms with Gasteiger partial charge in [0.1, 0.15) is 5.75 Å². The number of carboxylic acids is 1. The first-order chi connectivity index (χ1) is 9.92. The van der Waals surface area contributed by atoms with E-state index in [1.165, 1.54) is 6.07 Å². The van der Waals surface area contributed by atoms with E-state index in [0.717, 1.165) is 12.0 Å². The molecule has 3 N–H and O–H groups in total. The van der Waals surface area contributed by atoms with Gasteiger partial charge >= 0.3 is 5.97 Å². The summed E-state index contributed by atoms with van der Waals surface area (Å²) in [4.78, 5) is 23.6. The van der Waals surface area contributed by atoms with E-state index in [2.05, 4.69) is 5.32 Å². The summed E-state index contributed by atoms with van der Waals surface area (Å²) in [5, 5.41) is 21.6. The lowest BCUT2D eigenvalue weighted by Crippen LogP contribution is -2.29. The molecule has 1 saturated carbocycles. The van der Waals surface area contributed by atoms with Gasteiger partial charge in [0.15, 0.2) is 0 Å². The van der Waals surface area contributed by atoms with E-state index in [4.69, 9.17) is 0 Å². The lowest BCUT2D eigenvalue weighted by atomic mass is 9.95. The van der Waals surface area contributed by atoms with Crippen LogP contribution in [-0.4, -0.2) is 22.1 Å². The number of aliphatic carboxylic acids is 1. The third-order valence-corrected chi connectivity index (χ3v) is 4.37. The molecule has 0 aromatic heterocycles. The van der Waals surface area contributed by atoms with Gasteiger partial charge < -0.3 is 15.5 Å². The van der Waals surface area contributed by atoms with Crippen molar-refractivity contribution in [3.05, 3.63) is 23.8 Å². The number of carbonyl (C=O) groups is 2. The molecule has 0 radical (unpaired) electrons. The highest BCUT2D eigenvalue weighted by atomic mass is 16.4. The van der Waals surface area contributed by atoms with Crippen LogP contribution in [0.3, 0.4) is 0 Å². The topological polar surface area (TPSA) is 86.6 Å². The second kappa shape index (κ2) is 6.16. The minimum atomic E-state index is -0.905. The smallest absolute Gasteiger partial charge is 0.307 e. The van der Waals surface area contributed by atoms with E-state index in [0.29, 0.717) is 18.5 Å². The molecule has 0 heterocycles. The van der Waals surface area contributed by atoms with Gasteiger partial charge in [-0.05, 0) is 37.3 Å². The number of anilines is 1. The molecule has 3 atom stereocenters. The van der Waals surface area contributed by atoms with Crippen LogP contribution in [0.2, 0.25) is 0 Å². The maximum atomic E-state index is 12.3. The molecule has 0 aliphatic heterocycles. The SMILES string of the molecule is CCC1C[C@H](C(=O)Nc2ccc(C)c(O)c2)[C@H](C(=O)O)C1. The number of carbonyl (C=O) groups excluding carboxylic acids is 1. The van der Waals surface area contributed by atoms with Gasteiger partial charge in [0, 0.05) is 11.8 Å². The normalized spacial score (nSPS) is 24.8. The minimum Gasteiger partial charge on any atom is -0.508 e. The highest BCUT2D eigenvalue weighted by Gasteiger charge is 2.42. The molecule has 1 aliphatic carbocycles. The average Bonchev–Trinajstić information content (AvgIpc) is 2.87. The van der Waals surface area contributed by atoms with Crippen molar-refractivity contribution in [1.82, 2.24) is 0 Å². The monoisotopic (exact) mass is 291 g/mol. The number of aryl methyl sites for hydroxylation is 1. The summed E-state index contributed by atoms with van der Waals surface area (Å²) in [7, 11) is 0. The van der Waals surface area contributed by atoms with Crippen molar-refractivity contribution in [2.45, 2.75) is 33.1 Å². The average molecular weight is 291 g/mol. The van der Waals surface area contributed by atoms with Crippen molar-refractivity contribution in [2.75, 3.05) is 5.32 Å². The highest BCUT2D eigenvalue weighted by Crippen LogP contribution is 2.39. The Morgan fingerprint density at radius 3 is 2.52 bits per heavy atom. The Kier molecular flexibility index (Phi) is 4.50. The zero-order chi connectivity index (χ0) is 15.6. The number of rotatable bonds is 4. The molecule has 1 fully saturated rings. The second-order valence-electron chi connectivity index (χ2n) is 5.79. The number of nitrogens with one attached hydrogen (secondary N) is 1. The number of aromatic hydroxyl groups is 1. The van der Waals surface area contributed by atoms with Crippen molar-refractivity contribution in [3.63, 3.8) is 0 Å². The quantitative estimate of drug-likeness (QED) is 0.796. The van der Waals surface area contributed by atoms with Gasteiger partial charge in [-0.1, -0.05) is 19.4 Å². The van der Waals surface area contributed by atoms with Gasteiger partial charge in [-0.15, -0.1) is 0 Å². The molecule has 21 heavy (non-hydrogen) atoms. The molecule has 0 bridgehead atoms. The van der Waals surface area contributed by atoms with E-state index >= 15 is 0 Å². The summed E-state index contributed by atoms with van der Waals surface area (Å²) >= 11 is 0. The van der Waals surface area contributed by atoms with E-state index in [1.54, 1.807) is 19.1 Å². The summed E-state index contributed by atoms with van der Waals surface area (Å²) in [6.07, 6.45) is 2.05. The first-order valence-corrected chi connectivity index (χ1v) is 7.25. The number of hydrogen-bond acceptors (Lipinski definition) is 3. The third kappa shape index (κ3) is 3.35. The molecule has 114 valence electrons. The third-order valence-electron chi connectivity index (χ3n) is 4.37. The Labute approximate surface area is 124 Å². The van der Waals surface area contributed by atoms with Gasteiger partial charge in [0.05, 0.1) is 11.8 Å². The summed E-state index contributed by atoms with van der Waals surface area (Å²) in [5.74, 6) is -1.90. The molecule has 0 spiro atoms. The van der Waals surface area contributed by atoms with Crippen molar-refractivity contribution < 1.29 is 19.8 Å². The van der Waals surface area contributed by atoms with Crippen LogP contribution in [0.1, 0.15) is 31.7 Å². The van der Waals surface area contributed by atoms with Crippen LogP contribution in [-0.2, 0) is 9.59 Å². The zero-order valence-corrected chi connectivity index (χ0v) is 12.3. The van der Waals surface area contributed by atoms with E-state index < -0.39 is 17.8 Å². The summed E-state index contributed by atoms with van der Waals surface area (Å²) in [6.45, 7) is 3.78.